The first-order valence-corrected chi connectivity index (χ1v) is 7.08. The molecule has 0 heterocycles. The van der Waals surface area contributed by atoms with E-state index in [0.717, 1.165) is 6.54 Å². The fourth-order valence-electron chi connectivity index (χ4n) is 2.77. The van der Waals surface area contributed by atoms with Crippen LogP contribution in [0.5, 0.6) is 0 Å². The summed E-state index contributed by atoms with van der Waals surface area (Å²) in [4.78, 5) is 0. The highest BCUT2D eigenvalue weighted by Crippen LogP contribution is 2.40. The summed E-state index contributed by atoms with van der Waals surface area (Å²) in [6.07, 6.45) is 1.27. The summed E-state index contributed by atoms with van der Waals surface area (Å²) in [5.74, 6) is 0.715. The molecule has 0 bridgehead atoms. The van der Waals surface area contributed by atoms with Crippen LogP contribution >= 0.6 is 0 Å². The van der Waals surface area contributed by atoms with Crippen molar-refractivity contribution in [3.8, 4) is 0 Å². The van der Waals surface area contributed by atoms with Gasteiger partial charge in [-0.25, -0.2) is 0 Å². The third kappa shape index (κ3) is 2.87. The Hall–Kier alpha value is -1.60. The lowest BCUT2D eigenvalue weighted by molar-refractivity contribution is 0.670. The number of hydrogen-bond acceptors (Lipinski definition) is 1. The molecule has 0 spiro atoms. The molecule has 1 fully saturated rings. The summed E-state index contributed by atoms with van der Waals surface area (Å²) in [7, 11) is 0. The minimum absolute atomic E-state index is 0.656. The molecule has 2 aromatic rings. The first-order chi connectivity index (χ1) is 9.24. The molecule has 2 unspecified atom stereocenters. The molecule has 0 amide bonds. The van der Waals surface area contributed by atoms with E-state index in [1.54, 1.807) is 0 Å². The average molecular weight is 251 g/mol. The Bertz CT molecular complexity index is 559. The zero-order chi connectivity index (χ0) is 13.2. The maximum Gasteiger partial charge on any atom is 0.0210 e. The summed E-state index contributed by atoms with van der Waals surface area (Å²) in [5, 5.41) is 3.68. The van der Waals surface area contributed by atoms with E-state index in [9.17, 15) is 0 Å². The Kier molecular flexibility index (Phi) is 3.39. The number of rotatable bonds is 4. The molecule has 1 heteroatoms. The van der Waals surface area contributed by atoms with Gasteiger partial charge in [-0.05, 0) is 37.0 Å². The topological polar surface area (TPSA) is 12.0 Å². The van der Waals surface area contributed by atoms with E-state index >= 15 is 0 Å². The second-order valence-electron chi connectivity index (χ2n) is 5.67. The highest BCUT2D eigenvalue weighted by atomic mass is 15.0. The molecule has 19 heavy (non-hydrogen) atoms. The van der Waals surface area contributed by atoms with Crippen molar-refractivity contribution < 1.29 is 0 Å². The van der Waals surface area contributed by atoms with Crippen LogP contribution in [-0.2, 0) is 6.54 Å². The maximum atomic E-state index is 3.68. The molecule has 0 aromatic heterocycles. The number of benzene rings is 2. The van der Waals surface area contributed by atoms with Crippen LogP contribution < -0.4 is 5.32 Å². The Morgan fingerprint density at radius 2 is 1.84 bits per heavy atom. The van der Waals surface area contributed by atoms with Crippen molar-refractivity contribution in [1.82, 2.24) is 5.32 Å². The minimum atomic E-state index is 0.656. The summed E-state index contributed by atoms with van der Waals surface area (Å²) >= 11 is 0. The first-order valence-electron chi connectivity index (χ1n) is 7.08. The van der Waals surface area contributed by atoms with Crippen molar-refractivity contribution in [3.05, 3.63) is 70.8 Å². The van der Waals surface area contributed by atoms with E-state index in [1.165, 1.54) is 28.7 Å². The SMILES string of the molecule is Cc1ccc(CNC2CC2c2ccccc2)c(C)c1. The standard InChI is InChI=1S/C18H21N/c1-13-8-9-16(14(2)10-13)12-19-18-11-17(18)15-6-4-3-5-7-15/h3-10,17-19H,11-12H2,1-2H3. The van der Waals surface area contributed by atoms with Crippen LogP contribution in [0.1, 0.15) is 34.6 Å². The highest BCUT2D eigenvalue weighted by Gasteiger charge is 2.37. The highest BCUT2D eigenvalue weighted by molar-refractivity contribution is 5.31. The monoisotopic (exact) mass is 251 g/mol. The zero-order valence-electron chi connectivity index (χ0n) is 11.7. The van der Waals surface area contributed by atoms with Gasteiger partial charge < -0.3 is 5.32 Å². The molecular weight excluding hydrogens is 230 g/mol. The van der Waals surface area contributed by atoms with Crippen LogP contribution in [-0.4, -0.2) is 6.04 Å². The van der Waals surface area contributed by atoms with Gasteiger partial charge in [0.1, 0.15) is 0 Å². The van der Waals surface area contributed by atoms with Crippen LogP contribution in [0, 0.1) is 13.8 Å². The summed E-state index contributed by atoms with van der Waals surface area (Å²) in [6, 6.07) is 18.2. The molecule has 0 radical (unpaired) electrons. The molecule has 2 aromatic carbocycles. The van der Waals surface area contributed by atoms with Gasteiger partial charge in [0, 0.05) is 18.5 Å². The summed E-state index contributed by atoms with van der Waals surface area (Å²) in [5.41, 5.74) is 5.63. The van der Waals surface area contributed by atoms with Gasteiger partial charge in [-0.15, -0.1) is 0 Å². The van der Waals surface area contributed by atoms with Gasteiger partial charge in [-0.3, -0.25) is 0 Å². The Labute approximate surface area is 115 Å². The molecule has 1 aliphatic carbocycles. The fourth-order valence-corrected chi connectivity index (χ4v) is 2.77. The summed E-state index contributed by atoms with van der Waals surface area (Å²) in [6.45, 7) is 5.34. The predicted octanol–water partition coefficient (Wildman–Crippen LogP) is 3.95. The van der Waals surface area contributed by atoms with E-state index in [2.05, 4.69) is 67.7 Å². The number of nitrogens with one attached hydrogen (secondary N) is 1. The lowest BCUT2D eigenvalue weighted by atomic mass is 10.1. The third-order valence-electron chi connectivity index (χ3n) is 4.07. The quantitative estimate of drug-likeness (QED) is 0.867. The van der Waals surface area contributed by atoms with E-state index < -0.39 is 0 Å². The van der Waals surface area contributed by atoms with Crippen molar-refractivity contribution in [2.75, 3.05) is 0 Å². The van der Waals surface area contributed by atoms with Crippen molar-refractivity contribution in [1.29, 1.82) is 0 Å². The van der Waals surface area contributed by atoms with Crippen molar-refractivity contribution in [2.45, 2.75) is 38.8 Å². The minimum Gasteiger partial charge on any atom is -0.309 e. The number of hydrogen-bond donors (Lipinski definition) is 1. The normalized spacial score (nSPS) is 21.4. The van der Waals surface area contributed by atoms with E-state index in [1.807, 2.05) is 0 Å². The molecular formula is C18H21N. The van der Waals surface area contributed by atoms with E-state index in [4.69, 9.17) is 0 Å². The van der Waals surface area contributed by atoms with Crippen molar-refractivity contribution in [2.24, 2.45) is 0 Å². The molecule has 0 saturated heterocycles. The third-order valence-corrected chi connectivity index (χ3v) is 4.07. The van der Waals surface area contributed by atoms with Gasteiger partial charge >= 0.3 is 0 Å². The lowest BCUT2D eigenvalue weighted by Crippen LogP contribution is -2.17. The largest absolute Gasteiger partial charge is 0.309 e. The fraction of sp³-hybridized carbons (Fsp3) is 0.333. The van der Waals surface area contributed by atoms with Gasteiger partial charge in [0.15, 0.2) is 0 Å². The smallest absolute Gasteiger partial charge is 0.0210 e. The maximum absolute atomic E-state index is 3.68. The van der Waals surface area contributed by atoms with Gasteiger partial charge in [0.25, 0.3) is 0 Å². The molecule has 98 valence electrons. The van der Waals surface area contributed by atoms with E-state index in [-0.39, 0.29) is 0 Å². The molecule has 1 nitrogen and oxygen atoms in total. The first kappa shape index (κ1) is 12.4. The van der Waals surface area contributed by atoms with Gasteiger partial charge in [0.2, 0.25) is 0 Å². The van der Waals surface area contributed by atoms with Crippen LogP contribution in [0.2, 0.25) is 0 Å². The van der Waals surface area contributed by atoms with Crippen molar-refractivity contribution in [3.63, 3.8) is 0 Å². The molecule has 1 saturated carbocycles. The van der Waals surface area contributed by atoms with Crippen LogP contribution in [0.25, 0.3) is 0 Å². The molecule has 2 atom stereocenters. The molecule has 3 rings (SSSR count). The van der Waals surface area contributed by atoms with Gasteiger partial charge in [0.05, 0.1) is 0 Å². The van der Waals surface area contributed by atoms with Gasteiger partial charge in [-0.1, -0.05) is 54.1 Å². The molecule has 1 aliphatic rings. The summed E-state index contributed by atoms with van der Waals surface area (Å²) < 4.78 is 0. The second-order valence-corrected chi connectivity index (χ2v) is 5.67. The Balaban J connectivity index is 1.57. The second kappa shape index (κ2) is 5.18. The Morgan fingerprint density at radius 1 is 1.05 bits per heavy atom. The predicted molar refractivity (Wildman–Crippen MR) is 80.3 cm³/mol. The van der Waals surface area contributed by atoms with Crippen LogP contribution in [0.4, 0.5) is 0 Å². The molecule has 1 N–H and O–H groups in total. The lowest BCUT2D eigenvalue weighted by Gasteiger charge is -2.08. The van der Waals surface area contributed by atoms with Crippen molar-refractivity contribution >= 4 is 0 Å². The molecule has 0 aliphatic heterocycles. The average Bonchev–Trinajstić information content (AvgIpc) is 3.18. The van der Waals surface area contributed by atoms with E-state index in [0.29, 0.717) is 12.0 Å². The number of aryl methyl sites for hydroxylation is 2. The zero-order valence-corrected chi connectivity index (χ0v) is 11.7. The van der Waals surface area contributed by atoms with Crippen LogP contribution in [0.3, 0.4) is 0 Å². The van der Waals surface area contributed by atoms with Crippen LogP contribution in [0.15, 0.2) is 48.5 Å². The van der Waals surface area contributed by atoms with Gasteiger partial charge in [-0.2, -0.15) is 0 Å². The Morgan fingerprint density at radius 3 is 2.58 bits per heavy atom.